The number of likely N-dealkylation sites (tertiary alicyclic amines) is 1. The SMILES string of the molecule is COCCOCC1CCN(C(=NCC2CCCCC2)NCCc2ccco2)C1. The van der Waals surface area contributed by atoms with Gasteiger partial charge in [-0.15, -0.1) is 0 Å². The summed E-state index contributed by atoms with van der Waals surface area (Å²) in [7, 11) is 1.71. The van der Waals surface area contributed by atoms with Crippen LogP contribution in [0.2, 0.25) is 0 Å². The Hall–Kier alpha value is -1.53. The molecule has 3 rings (SSSR count). The van der Waals surface area contributed by atoms with Gasteiger partial charge in [0, 0.05) is 45.6 Å². The van der Waals surface area contributed by atoms with E-state index in [0.717, 1.165) is 63.3 Å². The zero-order chi connectivity index (χ0) is 19.4. The summed E-state index contributed by atoms with van der Waals surface area (Å²) in [6.07, 6.45) is 10.6. The molecule has 1 aromatic rings. The second-order valence-electron chi connectivity index (χ2n) is 8.09. The first-order chi connectivity index (χ1) is 13.8. The van der Waals surface area contributed by atoms with E-state index < -0.39 is 0 Å². The number of hydrogen-bond acceptors (Lipinski definition) is 4. The molecule has 6 nitrogen and oxygen atoms in total. The number of furan rings is 1. The van der Waals surface area contributed by atoms with Crippen LogP contribution in [0.5, 0.6) is 0 Å². The van der Waals surface area contributed by atoms with E-state index in [9.17, 15) is 0 Å². The highest BCUT2D eigenvalue weighted by Crippen LogP contribution is 2.24. The minimum Gasteiger partial charge on any atom is -0.469 e. The third-order valence-electron chi connectivity index (χ3n) is 5.83. The Morgan fingerprint density at radius 1 is 1.21 bits per heavy atom. The summed E-state index contributed by atoms with van der Waals surface area (Å²) in [5.74, 6) is 3.41. The molecule has 1 saturated heterocycles. The number of aliphatic imine (C=N–C) groups is 1. The number of nitrogens with one attached hydrogen (secondary N) is 1. The molecule has 0 amide bonds. The molecule has 0 bridgehead atoms. The van der Waals surface area contributed by atoms with E-state index in [4.69, 9.17) is 18.9 Å². The number of rotatable bonds is 10. The van der Waals surface area contributed by atoms with Crippen LogP contribution in [0.25, 0.3) is 0 Å². The van der Waals surface area contributed by atoms with Gasteiger partial charge >= 0.3 is 0 Å². The highest BCUT2D eigenvalue weighted by atomic mass is 16.5. The van der Waals surface area contributed by atoms with Crippen molar-refractivity contribution in [3.8, 4) is 0 Å². The van der Waals surface area contributed by atoms with Gasteiger partial charge in [0.05, 0.1) is 26.1 Å². The monoisotopic (exact) mass is 391 g/mol. The molecule has 1 unspecified atom stereocenters. The lowest BCUT2D eigenvalue weighted by Crippen LogP contribution is -2.41. The van der Waals surface area contributed by atoms with Crippen LogP contribution in [0.15, 0.2) is 27.8 Å². The van der Waals surface area contributed by atoms with Crippen molar-refractivity contribution in [3.05, 3.63) is 24.2 Å². The van der Waals surface area contributed by atoms with E-state index in [1.807, 2.05) is 12.1 Å². The predicted molar refractivity (Wildman–Crippen MR) is 112 cm³/mol. The van der Waals surface area contributed by atoms with Crippen LogP contribution in [0, 0.1) is 11.8 Å². The molecule has 2 fully saturated rings. The van der Waals surface area contributed by atoms with Crippen LogP contribution in [0.1, 0.15) is 44.3 Å². The maximum atomic E-state index is 5.75. The molecule has 0 aromatic carbocycles. The van der Waals surface area contributed by atoms with E-state index in [1.165, 1.54) is 32.1 Å². The fourth-order valence-corrected chi connectivity index (χ4v) is 4.16. The van der Waals surface area contributed by atoms with Gasteiger partial charge < -0.3 is 24.1 Å². The number of methoxy groups -OCH3 is 1. The Kier molecular flexibility index (Phi) is 9.17. The quantitative estimate of drug-likeness (QED) is 0.377. The lowest BCUT2D eigenvalue weighted by atomic mass is 9.89. The molecule has 0 spiro atoms. The molecule has 2 heterocycles. The molecule has 158 valence electrons. The maximum Gasteiger partial charge on any atom is 0.193 e. The maximum absolute atomic E-state index is 5.75. The third kappa shape index (κ3) is 7.13. The molecule has 1 aromatic heterocycles. The third-order valence-corrected chi connectivity index (χ3v) is 5.83. The first-order valence-corrected chi connectivity index (χ1v) is 11.0. The minimum atomic E-state index is 0.573. The average Bonchev–Trinajstić information content (AvgIpc) is 3.41. The first kappa shape index (κ1) is 21.2. The Balaban J connectivity index is 1.49. The van der Waals surface area contributed by atoms with Gasteiger partial charge in [-0.2, -0.15) is 0 Å². The lowest BCUT2D eigenvalue weighted by molar-refractivity contribution is 0.0536. The van der Waals surface area contributed by atoms with Gasteiger partial charge in [0.25, 0.3) is 0 Å². The van der Waals surface area contributed by atoms with Crippen LogP contribution >= 0.6 is 0 Å². The summed E-state index contributed by atoms with van der Waals surface area (Å²) in [5, 5.41) is 3.59. The van der Waals surface area contributed by atoms with Crippen molar-refractivity contribution in [1.82, 2.24) is 10.2 Å². The standard InChI is InChI=1S/C22H37N3O3/c1-26-14-15-27-18-20-10-12-25(17-20)22(23-11-9-21-8-5-13-28-21)24-16-19-6-3-2-4-7-19/h5,8,13,19-20H,2-4,6-7,9-12,14-18H2,1H3,(H,23,24). The summed E-state index contributed by atoms with van der Waals surface area (Å²) < 4.78 is 16.3. The van der Waals surface area contributed by atoms with Gasteiger partial charge in [-0.05, 0) is 37.3 Å². The van der Waals surface area contributed by atoms with Crippen molar-refractivity contribution in [2.45, 2.75) is 44.9 Å². The molecule has 1 N–H and O–H groups in total. The van der Waals surface area contributed by atoms with Gasteiger partial charge in [-0.1, -0.05) is 19.3 Å². The highest BCUT2D eigenvalue weighted by Gasteiger charge is 2.25. The second-order valence-corrected chi connectivity index (χ2v) is 8.09. The topological polar surface area (TPSA) is 59.2 Å². The van der Waals surface area contributed by atoms with Crippen molar-refractivity contribution in [1.29, 1.82) is 0 Å². The van der Waals surface area contributed by atoms with Gasteiger partial charge in [0.1, 0.15) is 5.76 Å². The Labute approximate surface area is 169 Å². The predicted octanol–water partition coefficient (Wildman–Crippen LogP) is 3.33. The van der Waals surface area contributed by atoms with Crippen LogP contribution < -0.4 is 5.32 Å². The van der Waals surface area contributed by atoms with Crippen LogP contribution in [0.4, 0.5) is 0 Å². The van der Waals surface area contributed by atoms with Gasteiger partial charge in [0.2, 0.25) is 0 Å². The minimum absolute atomic E-state index is 0.573. The summed E-state index contributed by atoms with van der Waals surface area (Å²) in [6, 6.07) is 3.98. The Morgan fingerprint density at radius 2 is 2.11 bits per heavy atom. The second kappa shape index (κ2) is 12.1. The fourth-order valence-electron chi connectivity index (χ4n) is 4.16. The highest BCUT2D eigenvalue weighted by molar-refractivity contribution is 5.80. The van der Waals surface area contributed by atoms with Crippen LogP contribution in [-0.4, -0.2) is 64.0 Å². The molecular formula is C22H37N3O3. The van der Waals surface area contributed by atoms with Gasteiger partial charge in [-0.3, -0.25) is 4.99 Å². The number of nitrogens with zero attached hydrogens (tertiary/aromatic N) is 2. The van der Waals surface area contributed by atoms with Crippen molar-refractivity contribution >= 4 is 5.96 Å². The first-order valence-electron chi connectivity index (χ1n) is 11.0. The summed E-state index contributed by atoms with van der Waals surface area (Å²) >= 11 is 0. The Bertz CT molecular complexity index is 555. The van der Waals surface area contributed by atoms with Crippen molar-refractivity contribution in [2.24, 2.45) is 16.8 Å². The molecule has 0 radical (unpaired) electrons. The summed E-state index contributed by atoms with van der Waals surface area (Å²) in [4.78, 5) is 7.44. The normalized spacial score (nSPS) is 21.4. The van der Waals surface area contributed by atoms with E-state index in [-0.39, 0.29) is 0 Å². The van der Waals surface area contributed by atoms with Gasteiger partial charge in [-0.25, -0.2) is 0 Å². The van der Waals surface area contributed by atoms with Crippen LogP contribution in [0.3, 0.4) is 0 Å². The van der Waals surface area contributed by atoms with Crippen LogP contribution in [-0.2, 0) is 15.9 Å². The lowest BCUT2D eigenvalue weighted by Gasteiger charge is -2.24. The average molecular weight is 392 g/mol. The van der Waals surface area contributed by atoms with E-state index in [0.29, 0.717) is 19.1 Å². The molecule has 1 saturated carbocycles. The summed E-state index contributed by atoms with van der Waals surface area (Å²) in [6.45, 7) is 6.02. The number of guanidine groups is 1. The molecule has 6 heteroatoms. The molecular weight excluding hydrogens is 354 g/mol. The largest absolute Gasteiger partial charge is 0.469 e. The zero-order valence-electron chi connectivity index (χ0n) is 17.4. The molecule has 28 heavy (non-hydrogen) atoms. The number of hydrogen-bond donors (Lipinski definition) is 1. The van der Waals surface area contributed by atoms with Crippen molar-refractivity contribution in [2.75, 3.05) is 53.1 Å². The zero-order valence-corrected chi connectivity index (χ0v) is 17.4. The molecule has 2 aliphatic rings. The Morgan fingerprint density at radius 3 is 2.89 bits per heavy atom. The van der Waals surface area contributed by atoms with Crippen molar-refractivity contribution < 1.29 is 13.9 Å². The molecule has 1 aliphatic heterocycles. The summed E-state index contributed by atoms with van der Waals surface area (Å²) in [5.41, 5.74) is 0. The van der Waals surface area contributed by atoms with Crippen molar-refractivity contribution in [3.63, 3.8) is 0 Å². The molecule has 1 atom stereocenters. The number of ether oxygens (including phenoxy) is 2. The van der Waals surface area contributed by atoms with E-state index in [1.54, 1.807) is 13.4 Å². The smallest absolute Gasteiger partial charge is 0.193 e. The van der Waals surface area contributed by atoms with E-state index in [2.05, 4.69) is 10.2 Å². The molecule has 1 aliphatic carbocycles. The van der Waals surface area contributed by atoms with E-state index >= 15 is 0 Å². The van der Waals surface area contributed by atoms with Gasteiger partial charge in [0.15, 0.2) is 5.96 Å². The fraction of sp³-hybridized carbons (Fsp3) is 0.773.